The predicted octanol–water partition coefficient (Wildman–Crippen LogP) is 1.81. The Hall–Kier alpha value is -3.19. The van der Waals surface area contributed by atoms with Crippen LogP contribution in [0, 0.1) is 0 Å². The molecule has 2 aliphatic rings. The van der Waals surface area contributed by atoms with Gasteiger partial charge in [-0.2, -0.15) is 0 Å². The van der Waals surface area contributed by atoms with Crippen LogP contribution < -0.4 is 0 Å². The number of carbonyl (C=O) groups is 2. The average molecular weight is 390 g/mol. The Labute approximate surface area is 168 Å². The fraction of sp³-hybridized carbons (Fsp3) is 0.318. The molecular formula is C22H22N4O3. The lowest BCUT2D eigenvalue weighted by Crippen LogP contribution is -2.53. The summed E-state index contributed by atoms with van der Waals surface area (Å²) in [6.07, 6.45) is 5.01. The molecule has 3 heterocycles. The summed E-state index contributed by atoms with van der Waals surface area (Å²) >= 11 is 0. The van der Waals surface area contributed by atoms with E-state index in [0.29, 0.717) is 44.6 Å². The van der Waals surface area contributed by atoms with Crippen molar-refractivity contribution in [1.29, 1.82) is 0 Å². The molecule has 1 aromatic carbocycles. The van der Waals surface area contributed by atoms with Crippen LogP contribution in [0.15, 0.2) is 54.9 Å². The molecule has 1 aliphatic carbocycles. The maximum absolute atomic E-state index is 12.8. The van der Waals surface area contributed by atoms with Crippen LogP contribution in [0.25, 0.3) is 16.9 Å². The van der Waals surface area contributed by atoms with Gasteiger partial charge in [-0.1, -0.05) is 18.2 Å². The lowest BCUT2D eigenvalue weighted by Gasteiger charge is -2.35. The van der Waals surface area contributed by atoms with Gasteiger partial charge in [0.2, 0.25) is 0 Å². The molecule has 1 saturated carbocycles. The number of piperazine rings is 1. The molecule has 1 aliphatic heterocycles. The molecule has 1 N–H and O–H groups in total. The molecule has 0 spiro atoms. The van der Waals surface area contributed by atoms with Crippen molar-refractivity contribution < 1.29 is 14.7 Å². The monoisotopic (exact) mass is 390 g/mol. The fourth-order valence-electron chi connectivity index (χ4n) is 3.78. The number of hydrogen-bond donors (Lipinski definition) is 1. The summed E-state index contributed by atoms with van der Waals surface area (Å²) in [7, 11) is 0. The lowest BCUT2D eigenvalue weighted by molar-refractivity contribution is -0.143. The Kier molecular flexibility index (Phi) is 4.13. The minimum Gasteiger partial charge on any atom is -0.380 e. The van der Waals surface area contributed by atoms with Crippen LogP contribution in [0.2, 0.25) is 0 Å². The molecule has 148 valence electrons. The fourth-order valence-corrected chi connectivity index (χ4v) is 3.78. The van der Waals surface area contributed by atoms with Crippen LogP contribution >= 0.6 is 0 Å². The van der Waals surface area contributed by atoms with Crippen LogP contribution in [0.4, 0.5) is 0 Å². The van der Waals surface area contributed by atoms with Crippen molar-refractivity contribution in [3.8, 4) is 11.3 Å². The van der Waals surface area contributed by atoms with E-state index >= 15 is 0 Å². The van der Waals surface area contributed by atoms with Gasteiger partial charge in [-0.15, -0.1) is 0 Å². The second-order valence-corrected chi connectivity index (χ2v) is 7.79. The van der Waals surface area contributed by atoms with Crippen LogP contribution in [0.5, 0.6) is 0 Å². The van der Waals surface area contributed by atoms with E-state index in [-0.39, 0.29) is 11.8 Å². The zero-order chi connectivity index (χ0) is 20.0. The Morgan fingerprint density at radius 2 is 1.62 bits per heavy atom. The van der Waals surface area contributed by atoms with Gasteiger partial charge in [-0.05, 0) is 37.1 Å². The number of pyridine rings is 1. The molecule has 2 amide bonds. The first-order valence-corrected chi connectivity index (χ1v) is 9.89. The number of hydrogen-bond acceptors (Lipinski definition) is 4. The number of benzene rings is 1. The summed E-state index contributed by atoms with van der Waals surface area (Å²) in [6, 6.07) is 13.3. The summed E-state index contributed by atoms with van der Waals surface area (Å²) in [5, 5.41) is 9.99. The number of amides is 2. The highest BCUT2D eigenvalue weighted by Crippen LogP contribution is 2.37. The third-order valence-electron chi connectivity index (χ3n) is 5.77. The minimum atomic E-state index is -1.14. The molecule has 2 aromatic heterocycles. The molecule has 0 radical (unpaired) electrons. The van der Waals surface area contributed by atoms with E-state index in [0.717, 1.165) is 16.9 Å². The minimum absolute atomic E-state index is 0.0382. The van der Waals surface area contributed by atoms with Gasteiger partial charge in [0.15, 0.2) is 0 Å². The van der Waals surface area contributed by atoms with Crippen LogP contribution in [0.3, 0.4) is 0 Å². The second-order valence-electron chi connectivity index (χ2n) is 7.79. The molecular weight excluding hydrogens is 368 g/mol. The number of nitrogens with zero attached hydrogens (tertiary/aromatic N) is 4. The Morgan fingerprint density at radius 1 is 0.931 bits per heavy atom. The van der Waals surface area contributed by atoms with E-state index in [1.165, 1.54) is 0 Å². The van der Waals surface area contributed by atoms with Crippen molar-refractivity contribution in [2.45, 2.75) is 18.4 Å². The van der Waals surface area contributed by atoms with Crippen LogP contribution in [-0.4, -0.2) is 67.9 Å². The van der Waals surface area contributed by atoms with Crippen molar-refractivity contribution >= 4 is 17.5 Å². The van der Waals surface area contributed by atoms with E-state index in [1.54, 1.807) is 9.80 Å². The molecule has 0 bridgehead atoms. The summed E-state index contributed by atoms with van der Waals surface area (Å²) in [5.74, 6) is -0.231. The van der Waals surface area contributed by atoms with Crippen molar-refractivity contribution in [2.24, 2.45) is 0 Å². The van der Waals surface area contributed by atoms with Gasteiger partial charge in [0.25, 0.3) is 11.8 Å². The van der Waals surface area contributed by atoms with E-state index < -0.39 is 5.60 Å². The van der Waals surface area contributed by atoms with Gasteiger partial charge in [-0.3, -0.25) is 9.59 Å². The van der Waals surface area contributed by atoms with Gasteiger partial charge in [-0.25, -0.2) is 4.98 Å². The van der Waals surface area contributed by atoms with E-state index in [9.17, 15) is 14.7 Å². The molecule has 2 fully saturated rings. The SMILES string of the molecule is O=C(c1ccc(-c2cn3ccccc3n2)cc1)N1CCN(C(=O)C2(O)CC2)CC1. The number of carbonyl (C=O) groups excluding carboxylic acids is 2. The van der Waals surface area contributed by atoms with Gasteiger partial charge < -0.3 is 19.3 Å². The van der Waals surface area contributed by atoms with Gasteiger partial charge >= 0.3 is 0 Å². The highest BCUT2D eigenvalue weighted by molar-refractivity contribution is 5.95. The Balaban J connectivity index is 1.25. The predicted molar refractivity (Wildman–Crippen MR) is 107 cm³/mol. The van der Waals surface area contributed by atoms with Crippen LogP contribution in [-0.2, 0) is 4.79 Å². The maximum Gasteiger partial charge on any atom is 0.254 e. The number of rotatable bonds is 3. The van der Waals surface area contributed by atoms with Crippen molar-refractivity contribution in [2.75, 3.05) is 26.2 Å². The molecule has 0 unspecified atom stereocenters. The third-order valence-corrected chi connectivity index (χ3v) is 5.77. The topological polar surface area (TPSA) is 78.2 Å². The summed E-state index contributed by atoms with van der Waals surface area (Å²) in [4.78, 5) is 33.1. The molecule has 0 atom stereocenters. The third kappa shape index (κ3) is 3.27. The highest BCUT2D eigenvalue weighted by atomic mass is 16.3. The zero-order valence-electron chi connectivity index (χ0n) is 16.0. The molecule has 29 heavy (non-hydrogen) atoms. The normalized spacial score (nSPS) is 18.1. The number of aromatic nitrogens is 2. The van der Waals surface area contributed by atoms with Crippen molar-refractivity contribution in [1.82, 2.24) is 19.2 Å². The maximum atomic E-state index is 12.8. The summed E-state index contributed by atoms with van der Waals surface area (Å²) < 4.78 is 1.97. The highest BCUT2D eigenvalue weighted by Gasteiger charge is 2.50. The quantitative estimate of drug-likeness (QED) is 0.740. The number of fused-ring (bicyclic) bond motifs is 1. The molecule has 7 heteroatoms. The van der Waals surface area contributed by atoms with Gasteiger partial charge in [0.05, 0.1) is 5.69 Å². The Morgan fingerprint density at radius 3 is 2.28 bits per heavy atom. The zero-order valence-corrected chi connectivity index (χ0v) is 16.0. The first kappa shape index (κ1) is 17.9. The molecule has 5 rings (SSSR count). The lowest BCUT2D eigenvalue weighted by atomic mass is 10.1. The molecule has 7 nitrogen and oxygen atoms in total. The van der Waals surface area contributed by atoms with Gasteiger partial charge in [0.1, 0.15) is 11.2 Å². The number of imidazole rings is 1. The van der Waals surface area contributed by atoms with E-state index in [4.69, 9.17) is 0 Å². The summed E-state index contributed by atoms with van der Waals surface area (Å²) in [6.45, 7) is 1.89. The summed E-state index contributed by atoms with van der Waals surface area (Å²) in [5.41, 5.74) is 2.18. The van der Waals surface area contributed by atoms with Crippen molar-refractivity contribution in [3.05, 3.63) is 60.4 Å². The number of aliphatic hydroxyl groups is 1. The standard InChI is InChI=1S/C22H22N4O3/c27-20(24-11-13-25(14-12-24)21(28)22(29)8-9-22)17-6-4-16(5-7-17)18-15-26-10-2-1-3-19(26)23-18/h1-7,10,15,29H,8-9,11-14H2. The van der Waals surface area contributed by atoms with Crippen LogP contribution in [0.1, 0.15) is 23.2 Å². The van der Waals surface area contributed by atoms with Crippen molar-refractivity contribution in [3.63, 3.8) is 0 Å². The average Bonchev–Trinajstić information content (AvgIpc) is 3.37. The Bertz CT molecular complexity index is 1040. The first-order chi connectivity index (χ1) is 14.0. The smallest absolute Gasteiger partial charge is 0.254 e. The molecule has 1 saturated heterocycles. The largest absolute Gasteiger partial charge is 0.380 e. The van der Waals surface area contributed by atoms with Gasteiger partial charge in [0, 0.05) is 49.7 Å². The van der Waals surface area contributed by atoms with E-state index in [1.807, 2.05) is 59.3 Å². The molecule has 3 aromatic rings. The first-order valence-electron chi connectivity index (χ1n) is 9.89. The van der Waals surface area contributed by atoms with E-state index in [2.05, 4.69) is 4.98 Å². The second kappa shape index (κ2) is 6.70.